The van der Waals surface area contributed by atoms with E-state index in [1.54, 1.807) is 14.2 Å². The number of carbonyl (C=O) groups excluding carboxylic acids is 1. The van der Waals surface area contributed by atoms with Gasteiger partial charge in [-0.05, 0) is 48.9 Å². The number of amides is 1. The van der Waals surface area contributed by atoms with Crippen LogP contribution in [0.25, 0.3) is 0 Å². The molecule has 0 aliphatic carbocycles. The number of fused-ring (bicyclic) bond motifs is 1. The zero-order chi connectivity index (χ0) is 22.7. The number of nitrogens with one attached hydrogen (secondary N) is 2. The van der Waals surface area contributed by atoms with E-state index in [0.717, 1.165) is 25.2 Å². The van der Waals surface area contributed by atoms with E-state index >= 15 is 0 Å². The molecule has 0 spiro atoms. The third kappa shape index (κ3) is 4.42. The van der Waals surface area contributed by atoms with Crippen LogP contribution in [0.3, 0.4) is 0 Å². The molecule has 0 saturated heterocycles. The van der Waals surface area contributed by atoms with Gasteiger partial charge in [0, 0.05) is 19.3 Å². The molecule has 0 radical (unpaired) electrons. The largest absolute Gasteiger partial charge is 0.495 e. The second-order valence-electron chi connectivity index (χ2n) is 7.58. The number of hydrogen-bond acceptors (Lipinski definition) is 8. The van der Waals surface area contributed by atoms with Crippen LogP contribution in [-0.4, -0.2) is 48.6 Å². The molecule has 9 nitrogen and oxygen atoms in total. The highest BCUT2D eigenvalue weighted by Gasteiger charge is 2.19. The van der Waals surface area contributed by atoms with Crippen LogP contribution in [0.15, 0.2) is 42.6 Å². The highest BCUT2D eigenvalue weighted by molar-refractivity contribution is 5.98. The van der Waals surface area contributed by atoms with E-state index in [9.17, 15) is 4.79 Å². The summed E-state index contributed by atoms with van der Waals surface area (Å²) in [6.07, 6.45) is 2.37. The average molecular weight is 435 g/mol. The molecule has 1 amide bonds. The first kappa shape index (κ1) is 21.4. The number of carbonyl (C=O) groups is 1. The molecular formula is C23H26N6O3. The molecule has 3 aromatic rings. The van der Waals surface area contributed by atoms with Gasteiger partial charge in [-0.2, -0.15) is 4.98 Å². The van der Waals surface area contributed by atoms with Crippen LogP contribution in [-0.2, 0) is 13.0 Å². The van der Waals surface area contributed by atoms with Gasteiger partial charge in [0.05, 0.1) is 25.6 Å². The Hall–Kier alpha value is -3.85. The number of anilines is 4. The van der Waals surface area contributed by atoms with Gasteiger partial charge >= 0.3 is 0 Å². The van der Waals surface area contributed by atoms with Crippen LogP contribution in [0.5, 0.6) is 11.5 Å². The molecule has 4 N–H and O–H groups in total. The average Bonchev–Trinajstić information content (AvgIpc) is 2.79. The van der Waals surface area contributed by atoms with E-state index in [0.29, 0.717) is 23.1 Å². The van der Waals surface area contributed by atoms with Crippen molar-refractivity contribution >= 4 is 29.0 Å². The summed E-state index contributed by atoms with van der Waals surface area (Å²) in [4.78, 5) is 23.0. The first-order valence-corrected chi connectivity index (χ1v) is 10.2. The molecule has 1 aliphatic heterocycles. The topological polar surface area (TPSA) is 115 Å². The lowest BCUT2D eigenvalue weighted by Gasteiger charge is -2.26. The van der Waals surface area contributed by atoms with Crippen molar-refractivity contribution in [2.45, 2.75) is 13.0 Å². The van der Waals surface area contributed by atoms with E-state index < -0.39 is 5.91 Å². The van der Waals surface area contributed by atoms with E-state index in [1.807, 2.05) is 24.3 Å². The number of nitrogens with zero attached hydrogens (tertiary/aromatic N) is 3. The van der Waals surface area contributed by atoms with Crippen molar-refractivity contribution < 1.29 is 14.3 Å². The molecule has 0 saturated carbocycles. The SMILES string of the molecule is COc1cc2c(cc1Nc1ncc(C(N)=O)c(Nc3ccccc3OC)n1)CN(C)CC2. The number of nitrogens with two attached hydrogens (primary N) is 1. The van der Waals surface area contributed by atoms with Gasteiger partial charge in [-0.1, -0.05) is 12.1 Å². The van der Waals surface area contributed by atoms with Crippen molar-refractivity contribution in [2.75, 3.05) is 38.4 Å². The van der Waals surface area contributed by atoms with Crippen LogP contribution in [0.1, 0.15) is 21.5 Å². The number of aromatic nitrogens is 2. The maximum atomic E-state index is 12.0. The fraction of sp³-hybridized carbons (Fsp3) is 0.261. The van der Waals surface area contributed by atoms with Gasteiger partial charge in [0.1, 0.15) is 22.9 Å². The van der Waals surface area contributed by atoms with Crippen LogP contribution >= 0.6 is 0 Å². The van der Waals surface area contributed by atoms with Crippen molar-refractivity contribution in [3.63, 3.8) is 0 Å². The van der Waals surface area contributed by atoms with Gasteiger partial charge in [-0.3, -0.25) is 4.79 Å². The zero-order valence-corrected chi connectivity index (χ0v) is 18.3. The van der Waals surface area contributed by atoms with Gasteiger partial charge in [0.2, 0.25) is 5.95 Å². The molecule has 0 atom stereocenters. The maximum absolute atomic E-state index is 12.0. The number of primary amides is 1. The molecule has 0 bridgehead atoms. The van der Waals surface area contributed by atoms with Gasteiger partial charge in [-0.15, -0.1) is 0 Å². The highest BCUT2D eigenvalue weighted by Crippen LogP contribution is 2.34. The van der Waals surface area contributed by atoms with Crippen molar-refractivity contribution in [1.82, 2.24) is 14.9 Å². The lowest BCUT2D eigenvalue weighted by molar-refractivity contribution is 0.100. The summed E-state index contributed by atoms with van der Waals surface area (Å²) in [6, 6.07) is 11.4. The summed E-state index contributed by atoms with van der Waals surface area (Å²) >= 11 is 0. The van der Waals surface area contributed by atoms with Crippen molar-refractivity contribution in [1.29, 1.82) is 0 Å². The van der Waals surface area contributed by atoms with Crippen LogP contribution in [0.2, 0.25) is 0 Å². The van der Waals surface area contributed by atoms with E-state index in [1.165, 1.54) is 17.3 Å². The van der Waals surface area contributed by atoms with Gasteiger partial charge < -0.3 is 30.7 Å². The Bertz CT molecular complexity index is 1150. The summed E-state index contributed by atoms with van der Waals surface area (Å²) in [5.41, 5.74) is 9.60. The Kier molecular flexibility index (Phi) is 6.09. The Morgan fingerprint density at radius 1 is 1.06 bits per heavy atom. The molecule has 9 heteroatoms. The minimum absolute atomic E-state index is 0.167. The highest BCUT2D eigenvalue weighted by atomic mass is 16.5. The molecule has 1 aromatic heterocycles. The molecule has 166 valence electrons. The number of para-hydroxylation sites is 2. The first-order valence-electron chi connectivity index (χ1n) is 10.2. The third-order valence-corrected chi connectivity index (χ3v) is 5.39. The molecule has 2 heterocycles. The summed E-state index contributed by atoms with van der Waals surface area (Å²) in [7, 11) is 5.30. The van der Waals surface area contributed by atoms with Crippen LogP contribution in [0.4, 0.5) is 23.1 Å². The summed E-state index contributed by atoms with van der Waals surface area (Å²) in [6.45, 7) is 1.87. The lowest BCUT2D eigenvalue weighted by atomic mass is 9.99. The zero-order valence-electron chi connectivity index (χ0n) is 18.3. The Labute approximate surface area is 186 Å². The minimum Gasteiger partial charge on any atom is -0.495 e. The molecular weight excluding hydrogens is 408 g/mol. The minimum atomic E-state index is -0.636. The standard InChI is InChI=1S/C23H26N6O3/c1-29-9-8-14-11-20(32-3)18(10-15(14)13-29)27-23-25-12-16(21(24)30)22(28-23)26-17-6-4-5-7-19(17)31-2/h4-7,10-12H,8-9,13H2,1-3H3,(H2,24,30)(H2,25,26,27,28). The Morgan fingerprint density at radius 3 is 2.59 bits per heavy atom. The van der Waals surface area contributed by atoms with Crippen molar-refractivity contribution in [3.8, 4) is 11.5 Å². The predicted molar refractivity (Wildman–Crippen MR) is 123 cm³/mol. The number of likely N-dealkylation sites (N-methyl/N-ethyl adjacent to an activating group) is 1. The molecule has 0 fully saturated rings. The summed E-state index contributed by atoms with van der Waals surface area (Å²) in [5, 5.41) is 6.35. The first-order chi connectivity index (χ1) is 15.5. The molecule has 32 heavy (non-hydrogen) atoms. The summed E-state index contributed by atoms with van der Waals surface area (Å²) < 4.78 is 11.0. The third-order valence-electron chi connectivity index (χ3n) is 5.39. The van der Waals surface area contributed by atoms with Crippen LogP contribution in [0, 0.1) is 0 Å². The molecule has 2 aromatic carbocycles. The number of methoxy groups -OCH3 is 2. The van der Waals surface area contributed by atoms with Gasteiger partial charge in [0.25, 0.3) is 5.91 Å². The molecule has 4 rings (SSSR count). The molecule has 1 aliphatic rings. The Balaban J connectivity index is 1.69. The second-order valence-corrected chi connectivity index (χ2v) is 7.58. The van der Waals surface area contributed by atoms with E-state index in [4.69, 9.17) is 15.2 Å². The van der Waals surface area contributed by atoms with E-state index in [-0.39, 0.29) is 11.4 Å². The second kappa shape index (κ2) is 9.11. The monoisotopic (exact) mass is 434 g/mol. The van der Waals surface area contributed by atoms with Crippen LogP contribution < -0.4 is 25.8 Å². The van der Waals surface area contributed by atoms with E-state index in [2.05, 4.69) is 44.7 Å². The van der Waals surface area contributed by atoms with Crippen molar-refractivity contribution in [2.24, 2.45) is 5.73 Å². The van der Waals surface area contributed by atoms with Crippen molar-refractivity contribution in [3.05, 3.63) is 59.3 Å². The van der Waals surface area contributed by atoms with Gasteiger partial charge in [-0.25, -0.2) is 4.98 Å². The molecule has 0 unspecified atom stereocenters. The smallest absolute Gasteiger partial charge is 0.254 e. The fourth-order valence-corrected chi connectivity index (χ4v) is 3.71. The van der Waals surface area contributed by atoms with Gasteiger partial charge in [0.15, 0.2) is 0 Å². The quantitative estimate of drug-likeness (QED) is 0.520. The lowest BCUT2D eigenvalue weighted by Crippen LogP contribution is -2.26. The maximum Gasteiger partial charge on any atom is 0.254 e. The number of rotatable bonds is 7. The predicted octanol–water partition coefficient (Wildman–Crippen LogP) is 3.07. The number of ether oxygens (including phenoxy) is 2. The normalized spacial score (nSPS) is 13.2. The summed E-state index contributed by atoms with van der Waals surface area (Å²) in [5.74, 6) is 1.25. The Morgan fingerprint density at radius 2 is 1.84 bits per heavy atom. The number of benzene rings is 2. The fourth-order valence-electron chi connectivity index (χ4n) is 3.71. The number of hydrogen-bond donors (Lipinski definition) is 3.